The third-order valence-corrected chi connectivity index (χ3v) is 5.76. The van der Waals surface area contributed by atoms with Crippen LogP contribution in [-0.4, -0.2) is 48.0 Å². The van der Waals surface area contributed by atoms with Crippen LogP contribution in [0.5, 0.6) is 0 Å². The zero-order valence-corrected chi connectivity index (χ0v) is 17.4. The lowest BCUT2D eigenvalue weighted by Crippen LogP contribution is -2.48. The number of piperazine rings is 1. The first-order valence-electron chi connectivity index (χ1n) is 10.3. The number of hydrogen-bond donors (Lipinski definition) is 1. The van der Waals surface area contributed by atoms with Gasteiger partial charge in [0.25, 0.3) is 5.91 Å². The monoisotopic (exact) mass is 388 g/mol. The molecule has 0 atom stereocenters. The Kier molecular flexibility index (Phi) is 5.49. The van der Waals surface area contributed by atoms with Gasteiger partial charge in [-0.2, -0.15) is 0 Å². The summed E-state index contributed by atoms with van der Waals surface area (Å²) in [7, 11) is 0. The Hall–Kier alpha value is -2.92. The van der Waals surface area contributed by atoms with Crippen LogP contribution in [0.1, 0.15) is 29.8 Å². The highest BCUT2D eigenvalue weighted by Crippen LogP contribution is 2.25. The maximum absolute atomic E-state index is 12.8. The molecule has 0 unspecified atom stereocenters. The van der Waals surface area contributed by atoms with E-state index in [0.29, 0.717) is 11.6 Å². The van der Waals surface area contributed by atoms with Gasteiger partial charge in [0, 0.05) is 55.1 Å². The number of anilines is 2. The van der Waals surface area contributed by atoms with Gasteiger partial charge < -0.3 is 10.2 Å². The van der Waals surface area contributed by atoms with E-state index in [1.165, 1.54) is 5.69 Å². The SMILES string of the molecule is Cc1ccc(NC(=O)c2ccc(N3CCN(C(C)C)CC3)cc2)c2cccnc12. The van der Waals surface area contributed by atoms with E-state index in [1.807, 2.05) is 43.3 Å². The second-order valence-corrected chi connectivity index (χ2v) is 7.95. The normalized spacial score (nSPS) is 15.1. The van der Waals surface area contributed by atoms with E-state index in [1.54, 1.807) is 6.20 Å². The number of benzene rings is 2. The molecule has 1 saturated heterocycles. The summed E-state index contributed by atoms with van der Waals surface area (Å²) in [6.45, 7) is 10.7. The Morgan fingerprint density at radius 1 is 1.00 bits per heavy atom. The van der Waals surface area contributed by atoms with Crippen LogP contribution >= 0.6 is 0 Å². The number of pyridine rings is 1. The number of rotatable bonds is 4. The average molecular weight is 389 g/mol. The van der Waals surface area contributed by atoms with Crippen molar-refractivity contribution in [3.05, 3.63) is 65.9 Å². The molecule has 2 heterocycles. The molecule has 5 nitrogen and oxygen atoms in total. The van der Waals surface area contributed by atoms with Crippen molar-refractivity contribution in [2.75, 3.05) is 36.4 Å². The fraction of sp³-hybridized carbons (Fsp3) is 0.333. The van der Waals surface area contributed by atoms with Gasteiger partial charge in [-0.1, -0.05) is 6.07 Å². The molecule has 29 heavy (non-hydrogen) atoms. The minimum absolute atomic E-state index is 0.102. The van der Waals surface area contributed by atoms with Gasteiger partial charge >= 0.3 is 0 Å². The van der Waals surface area contributed by atoms with Crippen molar-refractivity contribution >= 4 is 28.2 Å². The number of fused-ring (bicyclic) bond motifs is 1. The molecule has 3 aromatic rings. The highest BCUT2D eigenvalue weighted by molar-refractivity contribution is 6.09. The van der Waals surface area contributed by atoms with Crippen molar-refractivity contribution in [1.29, 1.82) is 0 Å². The Labute approximate surface area is 172 Å². The second-order valence-electron chi connectivity index (χ2n) is 7.95. The van der Waals surface area contributed by atoms with Crippen LogP contribution in [-0.2, 0) is 0 Å². The quantitative estimate of drug-likeness (QED) is 0.723. The molecule has 0 spiro atoms. The molecule has 150 valence electrons. The van der Waals surface area contributed by atoms with Crippen molar-refractivity contribution in [1.82, 2.24) is 9.88 Å². The average Bonchev–Trinajstić information content (AvgIpc) is 2.76. The smallest absolute Gasteiger partial charge is 0.255 e. The number of nitrogens with zero attached hydrogens (tertiary/aromatic N) is 3. The molecule has 1 N–H and O–H groups in total. The van der Waals surface area contributed by atoms with Gasteiger partial charge in [0.2, 0.25) is 0 Å². The summed E-state index contributed by atoms with van der Waals surface area (Å²) in [5, 5.41) is 4.01. The minimum Gasteiger partial charge on any atom is -0.369 e. The summed E-state index contributed by atoms with van der Waals surface area (Å²) in [4.78, 5) is 22.1. The van der Waals surface area contributed by atoms with Gasteiger partial charge in [-0.05, 0) is 68.8 Å². The first-order chi connectivity index (χ1) is 14.0. The summed E-state index contributed by atoms with van der Waals surface area (Å²) in [6.07, 6.45) is 1.78. The van der Waals surface area contributed by atoms with Gasteiger partial charge in [0.1, 0.15) is 0 Å². The molecular formula is C24H28N4O. The molecule has 1 aliphatic heterocycles. The predicted molar refractivity (Wildman–Crippen MR) is 120 cm³/mol. The highest BCUT2D eigenvalue weighted by atomic mass is 16.1. The molecule has 1 fully saturated rings. The Balaban J connectivity index is 1.46. The standard InChI is InChI=1S/C24H28N4O/c1-17(2)27-13-15-28(16-14-27)20-9-7-19(8-10-20)24(29)26-22-11-6-18(3)23-21(22)5-4-12-25-23/h4-12,17H,13-16H2,1-3H3,(H,26,29). The molecule has 0 radical (unpaired) electrons. The topological polar surface area (TPSA) is 48.5 Å². The van der Waals surface area contributed by atoms with E-state index >= 15 is 0 Å². The molecule has 0 bridgehead atoms. The van der Waals surface area contributed by atoms with Crippen LogP contribution in [0.3, 0.4) is 0 Å². The van der Waals surface area contributed by atoms with Gasteiger partial charge in [-0.25, -0.2) is 0 Å². The van der Waals surface area contributed by atoms with Crippen molar-refractivity contribution in [2.45, 2.75) is 26.8 Å². The van der Waals surface area contributed by atoms with Gasteiger partial charge in [-0.15, -0.1) is 0 Å². The third kappa shape index (κ3) is 4.10. The van der Waals surface area contributed by atoms with Crippen molar-refractivity contribution in [3.8, 4) is 0 Å². The predicted octanol–water partition coefficient (Wildman–Crippen LogP) is 4.33. The second kappa shape index (κ2) is 8.21. The summed E-state index contributed by atoms with van der Waals surface area (Å²) in [5.41, 5.74) is 4.64. The van der Waals surface area contributed by atoms with Crippen LogP contribution < -0.4 is 10.2 Å². The van der Waals surface area contributed by atoms with E-state index in [2.05, 4.69) is 46.1 Å². The maximum atomic E-state index is 12.8. The number of aromatic nitrogens is 1. The molecule has 0 aliphatic carbocycles. The largest absolute Gasteiger partial charge is 0.369 e. The number of amides is 1. The van der Waals surface area contributed by atoms with E-state index in [0.717, 1.165) is 48.3 Å². The van der Waals surface area contributed by atoms with E-state index in [9.17, 15) is 4.79 Å². The lowest BCUT2D eigenvalue weighted by atomic mass is 10.1. The lowest BCUT2D eigenvalue weighted by molar-refractivity contribution is 0.102. The zero-order valence-electron chi connectivity index (χ0n) is 17.4. The maximum Gasteiger partial charge on any atom is 0.255 e. The van der Waals surface area contributed by atoms with Gasteiger partial charge in [0.15, 0.2) is 0 Å². The van der Waals surface area contributed by atoms with Crippen molar-refractivity contribution in [3.63, 3.8) is 0 Å². The van der Waals surface area contributed by atoms with Crippen molar-refractivity contribution in [2.24, 2.45) is 0 Å². The van der Waals surface area contributed by atoms with Crippen LogP contribution in [0.25, 0.3) is 10.9 Å². The summed E-state index contributed by atoms with van der Waals surface area (Å²) in [5.74, 6) is -0.102. The summed E-state index contributed by atoms with van der Waals surface area (Å²) < 4.78 is 0. The Morgan fingerprint density at radius 3 is 2.41 bits per heavy atom. The molecule has 1 aromatic heterocycles. The lowest BCUT2D eigenvalue weighted by Gasteiger charge is -2.38. The molecule has 0 saturated carbocycles. The minimum atomic E-state index is -0.102. The molecule has 1 aliphatic rings. The van der Waals surface area contributed by atoms with Gasteiger partial charge in [-0.3, -0.25) is 14.7 Å². The fourth-order valence-electron chi connectivity index (χ4n) is 3.94. The first kappa shape index (κ1) is 19.4. The third-order valence-electron chi connectivity index (χ3n) is 5.76. The number of nitrogens with one attached hydrogen (secondary N) is 1. The number of aryl methyl sites for hydroxylation is 1. The van der Waals surface area contributed by atoms with Crippen molar-refractivity contribution < 1.29 is 4.79 Å². The molecule has 2 aromatic carbocycles. The van der Waals surface area contributed by atoms with Crippen LogP contribution in [0.2, 0.25) is 0 Å². The van der Waals surface area contributed by atoms with E-state index in [4.69, 9.17) is 0 Å². The first-order valence-corrected chi connectivity index (χ1v) is 10.3. The molecule has 1 amide bonds. The van der Waals surface area contributed by atoms with Crippen LogP contribution in [0.15, 0.2) is 54.7 Å². The summed E-state index contributed by atoms with van der Waals surface area (Å²) in [6, 6.07) is 16.3. The van der Waals surface area contributed by atoms with E-state index in [-0.39, 0.29) is 5.91 Å². The Morgan fingerprint density at radius 2 is 1.72 bits per heavy atom. The number of hydrogen-bond acceptors (Lipinski definition) is 4. The number of carbonyl (C=O) groups is 1. The van der Waals surface area contributed by atoms with Gasteiger partial charge in [0.05, 0.1) is 11.2 Å². The van der Waals surface area contributed by atoms with Crippen LogP contribution in [0, 0.1) is 6.92 Å². The molecular weight excluding hydrogens is 360 g/mol. The van der Waals surface area contributed by atoms with E-state index < -0.39 is 0 Å². The highest BCUT2D eigenvalue weighted by Gasteiger charge is 2.19. The number of carbonyl (C=O) groups excluding carboxylic acids is 1. The fourth-order valence-corrected chi connectivity index (χ4v) is 3.94. The molecule has 4 rings (SSSR count). The summed E-state index contributed by atoms with van der Waals surface area (Å²) >= 11 is 0. The zero-order chi connectivity index (χ0) is 20.4. The molecule has 5 heteroatoms. The Bertz CT molecular complexity index is 1010. The van der Waals surface area contributed by atoms with Crippen LogP contribution in [0.4, 0.5) is 11.4 Å².